The number of alkyl halides is 2. The van der Waals surface area contributed by atoms with Crippen molar-refractivity contribution in [3.05, 3.63) is 42.0 Å². The highest BCUT2D eigenvalue weighted by Gasteiger charge is 2.35. The predicted molar refractivity (Wildman–Crippen MR) is 120 cm³/mol. The topological polar surface area (TPSA) is 9.23 Å². The Hall–Kier alpha value is -1.64. The van der Waals surface area contributed by atoms with Crippen LogP contribution in [0.25, 0.3) is 10.8 Å². The summed E-state index contributed by atoms with van der Waals surface area (Å²) in [6.07, 6.45) is 15.3. The van der Waals surface area contributed by atoms with Crippen LogP contribution in [-0.4, -0.2) is 6.61 Å². The Morgan fingerprint density at radius 1 is 0.867 bits per heavy atom. The van der Waals surface area contributed by atoms with Crippen LogP contribution in [0.2, 0.25) is 0 Å². The van der Waals surface area contributed by atoms with Crippen molar-refractivity contribution in [2.75, 3.05) is 0 Å². The minimum atomic E-state index is -2.77. The van der Waals surface area contributed by atoms with Crippen molar-refractivity contribution in [2.24, 2.45) is 17.8 Å². The molecule has 2 aromatic rings. The highest BCUT2D eigenvalue weighted by atomic mass is 19.3. The summed E-state index contributed by atoms with van der Waals surface area (Å²) >= 11 is 0. The maximum Gasteiger partial charge on any atom is 0.387 e. The molecule has 0 saturated heterocycles. The molecule has 2 saturated carbocycles. The van der Waals surface area contributed by atoms with E-state index < -0.39 is 6.61 Å². The monoisotopic (exact) mass is 414 g/mol. The number of halogens is 2. The minimum Gasteiger partial charge on any atom is -0.435 e. The van der Waals surface area contributed by atoms with Gasteiger partial charge >= 0.3 is 6.61 Å². The number of hydrogen-bond acceptors (Lipinski definition) is 1. The molecule has 30 heavy (non-hydrogen) atoms. The van der Waals surface area contributed by atoms with Gasteiger partial charge in [-0.25, -0.2) is 0 Å². The van der Waals surface area contributed by atoms with Crippen LogP contribution in [-0.2, 0) is 0 Å². The van der Waals surface area contributed by atoms with Crippen LogP contribution in [0, 0.1) is 17.8 Å². The summed E-state index contributed by atoms with van der Waals surface area (Å²) in [5.74, 6) is 3.70. The van der Waals surface area contributed by atoms with Crippen molar-refractivity contribution in [1.29, 1.82) is 0 Å². The van der Waals surface area contributed by atoms with E-state index in [1.54, 1.807) is 12.1 Å². The van der Waals surface area contributed by atoms with E-state index in [1.807, 2.05) is 6.07 Å². The van der Waals surface area contributed by atoms with Gasteiger partial charge in [-0.05, 0) is 84.2 Å². The Balaban J connectivity index is 1.35. The summed E-state index contributed by atoms with van der Waals surface area (Å²) < 4.78 is 29.5. The predicted octanol–water partition coefficient (Wildman–Crippen LogP) is 8.71. The Kier molecular flexibility index (Phi) is 7.28. The van der Waals surface area contributed by atoms with Gasteiger partial charge in [0.05, 0.1) is 0 Å². The van der Waals surface area contributed by atoms with Crippen molar-refractivity contribution in [3.8, 4) is 5.75 Å². The standard InChI is InChI=1S/C27H36F2O/c1-2-3-4-5-6-19-7-8-21-16-22(10-9-20(21)15-19)23-11-12-25-18-26(30-27(28)29)14-13-24(25)17-23/h11-14,17-22,27H,2-10,15-16H2,1H3/t19-,20?,21-,22?/m1/s1. The highest BCUT2D eigenvalue weighted by molar-refractivity contribution is 5.84. The number of benzene rings is 2. The third-order valence-electron chi connectivity index (χ3n) is 7.72. The quantitative estimate of drug-likeness (QED) is 0.392. The van der Waals surface area contributed by atoms with Crippen molar-refractivity contribution in [2.45, 2.75) is 90.1 Å². The van der Waals surface area contributed by atoms with E-state index in [0.717, 1.165) is 28.5 Å². The fourth-order valence-corrected chi connectivity index (χ4v) is 6.08. The zero-order chi connectivity index (χ0) is 20.9. The van der Waals surface area contributed by atoms with Crippen LogP contribution in [0.3, 0.4) is 0 Å². The molecule has 2 unspecified atom stereocenters. The molecule has 0 amide bonds. The van der Waals surface area contributed by atoms with Gasteiger partial charge in [0.1, 0.15) is 5.75 Å². The van der Waals surface area contributed by atoms with E-state index in [4.69, 9.17) is 0 Å². The molecule has 0 spiro atoms. The molecule has 0 N–H and O–H groups in total. The summed E-state index contributed by atoms with van der Waals surface area (Å²) in [5, 5.41) is 2.08. The van der Waals surface area contributed by atoms with Gasteiger partial charge in [0.25, 0.3) is 0 Å². The fourth-order valence-electron chi connectivity index (χ4n) is 6.08. The first kappa shape index (κ1) is 21.6. The Labute approximate surface area is 180 Å². The molecule has 0 bridgehead atoms. The summed E-state index contributed by atoms with van der Waals surface area (Å²) in [6, 6.07) is 11.8. The number of fused-ring (bicyclic) bond motifs is 2. The lowest BCUT2D eigenvalue weighted by Gasteiger charge is -2.42. The smallest absolute Gasteiger partial charge is 0.387 e. The van der Waals surface area contributed by atoms with Gasteiger partial charge in [-0.2, -0.15) is 8.78 Å². The molecular formula is C27H36F2O. The molecule has 0 aliphatic heterocycles. The van der Waals surface area contributed by atoms with Crippen LogP contribution in [0.4, 0.5) is 8.78 Å². The Morgan fingerprint density at radius 3 is 2.47 bits per heavy atom. The fraction of sp³-hybridized carbons (Fsp3) is 0.630. The number of rotatable bonds is 8. The van der Waals surface area contributed by atoms with Crippen molar-refractivity contribution < 1.29 is 13.5 Å². The van der Waals surface area contributed by atoms with Gasteiger partial charge in [-0.3, -0.25) is 0 Å². The van der Waals surface area contributed by atoms with E-state index in [-0.39, 0.29) is 5.75 Å². The molecule has 4 rings (SSSR count). The minimum absolute atomic E-state index is 0.234. The van der Waals surface area contributed by atoms with Crippen molar-refractivity contribution in [3.63, 3.8) is 0 Å². The van der Waals surface area contributed by atoms with Crippen LogP contribution in [0.5, 0.6) is 5.75 Å². The van der Waals surface area contributed by atoms with E-state index in [0.29, 0.717) is 5.92 Å². The molecule has 2 aromatic carbocycles. The Bertz CT molecular complexity index is 818. The summed E-state index contributed by atoms with van der Waals surface area (Å²) in [4.78, 5) is 0. The molecule has 0 aromatic heterocycles. The first-order chi connectivity index (χ1) is 14.6. The average molecular weight is 415 g/mol. The molecular weight excluding hydrogens is 378 g/mol. The second-order valence-corrected chi connectivity index (χ2v) is 9.71. The van der Waals surface area contributed by atoms with Crippen molar-refractivity contribution >= 4 is 10.8 Å². The number of hydrogen-bond donors (Lipinski definition) is 0. The van der Waals surface area contributed by atoms with Gasteiger partial charge in [0, 0.05) is 0 Å². The number of unbranched alkanes of at least 4 members (excludes halogenated alkanes) is 3. The molecule has 0 radical (unpaired) electrons. The average Bonchev–Trinajstić information content (AvgIpc) is 2.75. The first-order valence-corrected chi connectivity index (χ1v) is 12.1. The maximum atomic E-state index is 12.5. The maximum absolute atomic E-state index is 12.5. The molecule has 2 aliphatic carbocycles. The molecule has 0 heterocycles. The lowest BCUT2D eigenvalue weighted by Crippen LogP contribution is -2.30. The Morgan fingerprint density at radius 2 is 1.63 bits per heavy atom. The summed E-state index contributed by atoms with van der Waals surface area (Å²) in [7, 11) is 0. The van der Waals surface area contributed by atoms with E-state index >= 15 is 0 Å². The van der Waals surface area contributed by atoms with Crippen LogP contribution in [0.1, 0.15) is 89.0 Å². The summed E-state index contributed by atoms with van der Waals surface area (Å²) in [5.41, 5.74) is 1.42. The normalized spacial score (nSPS) is 26.7. The van der Waals surface area contributed by atoms with Crippen molar-refractivity contribution in [1.82, 2.24) is 0 Å². The zero-order valence-corrected chi connectivity index (χ0v) is 18.3. The summed E-state index contributed by atoms with van der Waals surface area (Å²) in [6.45, 7) is -0.485. The van der Waals surface area contributed by atoms with Gasteiger partial charge < -0.3 is 4.74 Å². The zero-order valence-electron chi connectivity index (χ0n) is 18.3. The van der Waals surface area contributed by atoms with Crippen LogP contribution < -0.4 is 4.74 Å². The van der Waals surface area contributed by atoms with Gasteiger partial charge in [-0.1, -0.05) is 69.7 Å². The third kappa shape index (κ3) is 5.34. The number of ether oxygens (including phenoxy) is 1. The second-order valence-electron chi connectivity index (χ2n) is 9.71. The van der Waals surface area contributed by atoms with E-state index in [9.17, 15) is 8.78 Å². The van der Waals surface area contributed by atoms with Gasteiger partial charge in [-0.15, -0.1) is 0 Å². The van der Waals surface area contributed by atoms with Crippen LogP contribution >= 0.6 is 0 Å². The first-order valence-electron chi connectivity index (χ1n) is 12.1. The largest absolute Gasteiger partial charge is 0.435 e. The highest BCUT2D eigenvalue weighted by Crippen LogP contribution is 2.48. The SMILES string of the molecule is CCCCCC[C@@H]1CC[C@@H]2CC(c3ccc4cc(OC(F)F)ccc4c3)CCC2C1. The van der Waals surface area contributed by atoms with Crippen LogP contribution in [0.15, 0.2) is 36.4 Å². The molecule has 4 atom stereocenters. The third-order valence-corrected chi connectivity index (χ3v) is 7.72. The second kappa shape index (κ2) is 10.1. The molecule has 164 valence electrons. The molecule has 1 nitrogen and oxygen atoms in total. The van der Waals surface area contributed by atoms with Gasteiger partial charge in [0.15, 0.2) is 0 Å². The van der Waals surface area contributed by atoms with Gasteiger partial charge in [0.2, 0.25) is 0 Å². The van der Waals surface area contributed by atoms with E-state index in [1.165, 1.54) is 76.2 Å². The molecule has 2 fully saturated rings. The lowest BCUT2D eigenvalue weighted by atomic mass is 9.63. The lowest BCUT2D eigenvalue weighted by molar-refractivity contribution is -0.0497. The van der Waals surface area contributed by atoms with E-state index in [2.05, 4.69) is 29.9 Å². The molecule has 2 aliphatic rings. The molecule has 3 heteroatoms.